The number of aliphatic hydroxyl groups is 3. The number of carbonyl (C=O) groups excluding carboxylic acids is 1. The van der Waals surface area contributed by atoms with Gasteiger partial charge in [0, 0.05) is 0 Å². The van der Waals surface area contributed by atoms with Gasteiger partial charge in [0.1, 0.15) is 0 Å². The van der Waals surface area contributed by atoms with Crippen molar-refractivity contribution < 1.29 is 20.1 Å². The van der Waals surface area contributed by atoms with E-state index in [-0.39, 0.29) is 18.3 Å². The summed E-state index contributed by atoms with van der Waals surface area (Å²) in [6, 6.07) is -0.765. The summed E-state index contributed by atoms with van der Waals surface area (Å²) < 4.78 is 0. The van der Waals surface area contributed by atoms with Gasteiger partial charge in [0.15, 0.2) is 5.84 Å². The average Bonchev–Trinajstić information content (AvgIpc) is 2.29. The molecule has 0 saturated heterocycles. The molecule has 9 nitrogen and oxygen atoms in total. The van der Waals surface area contributed by atoms with Crippen LogP contribution in [0, 0.1) is 0 Å². The van der Waals surface area contributed by atoms with Crippen LogP contribution >= 0.6 is 0 Å². The number of amides is 1. The van der Waals surface area contributed by atoms with Crippen LogP contribution in [0.4, 0.5) is 0 Å². The molecule has 4 unspecified atom stereocenters. The Balaban J connectivity index is 2.29. The summed E-state index contributed by atoms with van der Waals surface area (Å²) in [6.45, 7) is 1.46. The van der Waals surface area contributed by atoms with Crippen LogP contribution in [0.25, 0.3) is 0 Å². The third kappa shape index (κ3) is 1.97. The van der Waals surface area contributed by atoms with Crippen LogP contribution in [-0.2, 0) is 4.79 Å². The number of fused-ring (bicyclic) bond motifs is 1. The van der Waals surface area contributed by atoms with Gasteiger partial charge < -0.3 is 21.1 Å². The Hall–Kier alpha value is -1.55. The summed E-state index contributed by atoms with van der Waals surface area (Å²) >= 11 is 0. The SMILES string of the molecule is CC(O)C(O)C1CN=C2N=C(N)NC(=O)C2(O)N1. The fourth-order valence-corrected chi connectivity index (χ4v) is 1.84. The molecule has 4 atom stereocenters. The summed E-state index contributed by atoms with van der Waals surface area (Å²) in [7, 11) is 0. The van der Waals surface area contributed by atoms with Crippen molar-refractivity contribution in [1.82, 2.24) is 10.6 Å². The maximum absolute atomic E-state index is 11.7. The van der Waals surface area contributed by atoms with Gasteiger partial charge in [-0.1, -0.05) is 0 Å². The number of amidine groups is 1. The standard InChI is InChI=1S/C9H15N5O4/c1-3(15)5(16)4-2-11-6-9(18,14-4)7(17)13-8(10)12-6/h3-5,14-16,18H,2H2,1H3,(H3,10,11,12,13,17). The first kappa shape index (κ1) is 12.9. The number of nitrogens with one attached hydrogen (secondary N) is 2. The molecule has 9 heteroatoms. The smallest absolute Gasteiger partial charge is 0.282 e. The minimum Gasteiger partial charge on any atom is -0.391 e. The van der Waals surface area contributed by atoms with Gasteiger partial charge in [-0.05, 0) is 6.92 Å². The number of guanidine groups is 1. The Morgan fingerprint density at radius 2 is 2.22 bits per heavy atom. The van der Waals surface area contributed by atoms with E-state index in [1.54, 1.807) is 0 Å². The van der Waals surface area contributed by atoms with Crippen LogP contribution in [0.15, 0.2) is 9.98 Å². The zero-order valence-corrected chi connectivity index (χ0v) is 9.66. The molecule has 2 rings (SSSR count). The number of aliphatic imine (C=N–C) groups is 2. The highest BCUT2D eigenvalue weighted by molar-refractivity contribution is 6.21. The quantitative estimate of drug-likeness (QED) is 0.298. The third-order valence-electron chi connectivity index (χ3n) is 2.86. The summed E-state index contributed by atoms with van der Waals surface area (Å²) in [4.78, 5) is 19.3. The highest BCUT2D eigenvalue weighted by Crippen LogP contribution is 2.17. The van der Waals surface area contributed by atoms with Gasteiger partial charge in [0.05, 0.1) is 24.8 Å². The van der Waals surface area contributed by atoms with Crippen LogP contribution in [0.1, 0.15) is 6.92 Å². The predicted molar refractivity (Wildman–Crippen MR) is 61.6 cm³/mol. The predicted octanol–water partition coefficient (Wildman–Crippen LogP) is -3.77. The topological polar surface area (TPSA) is 153 Å². The molecule has 18 heavy (non-hydrogen) atoms. The summed E-state index contributed by atoms with van der Waals surface area (Å²) in [6.07, 6.45) is -2.20. The largest absolute Gasteiger partial charge is 0.391 e. The van der Waals surface area contributed by atoms with E-state index in [4.69, 9.17) is 5.73 Å². The van der Waals surface area contributed by atoms with Crippen molar-refractivity contribution in [1.29, 1.82) is 0 Å². The van der Waals surface area contributed by atoms with E-state index in [9.17, 15) is 20.1 Å². The molecule has 2 heterocycles. The first-order valence-corrected chi connectivity index (χ1v) is 5.41. The maximum Gasteiger partial charge on any atom is 0.282 e. The Morgan fingerprint density at radius 3 is 2.83 bits per heavy atom. The van der Waals surface area contributed by atoms with Gasteiger partial charge in [-0.15, -0.1) is 0 Å². The molecule has 0 aromatic heterocycles. The molecule has 0 aromatic rings. The minimum atomic E-state index is -2.14. The zero-order chi connectivity index (χ0) is 13.5. The van der Waals surface area contributed by atoms with Crippen molar-refractivity contribution >= 4 is 17.7 Å². The minimum absolute atomic E-state index is 0.0633. The van der Waals surface area contributed by atoms with E-state index >= 15 is 0 Å². The molecule has 0 spiro atoms. The van der Waals surface area contributed by atoms with Crippen LogP contribution in [-0.4, -0.2) is 63.5 Å². The van der Waals surface area contributed by atoms with Crippen LogP contribution in [0.3, 0.4) is 0 Å². The highest BCUT2D eigenvalue weighted by Gasteiger charge is 2.50. The van der Waals surface area contributed by atoms with Crippen molar-refractivity contribution in [2.45, 2.75) is 30.9 Å². The fraction of sp³-hybridized carbons (Fsp3) is 0.667. The monoisotopic (exact) mass is 257 g/mol. The lowest BCUT2D eigenvalue weighted by molar-refractivity contribution is -0.137. The van der Waals surface area contributed by atoms with Crippen molar-refractivity contribution in [3.05, 3.63) is 0 Å². The van der Waals surface area contributed by atoms with E-state index < -0.39 is 29.9 Å². The molecule has 7 N–H and O–H groups in total. The van der Waals surface area contributed by atoms with Gasteiger partial charge in [-0.25, -0.2) is 0 Å². The summed E-state index contributed by atoms with van der Waals surface area (Å²) in [5.74, 6) is -1.13. The highest BCUT2D eigenvalue weighted by atomic mass is 16.3. The third-order valence-corrected chi connectivity index (χ3v) is 2.86. The number of carbonyl (C=O) groups is 1. The Labute approximate surface area is 102 Å². The number of rotatable bonds is 2. The molecule has 2 aliphatic heterocycles. The van der Waals surface area contributed by atoms with Gasteiger partial charge in [0.25, 0.3) is 11.6 Å². The van der Waals surface area contributed by atoms with Crippen LogP contribution in [0.5, 0.6) is 0 Å². The van der Waals surface area contributed by atoms with Crippen molar-refractivity contribution in [3.63, 3.8) is 0 Å². The van der Waals surface area contributed by atoms with Gasteiger partial charge in [0.2, 0.25) is 5.96 Å². The van der Waals surface area contributed by atoms with Crippen molar-refractivity contribution in [2.24, 2.45) is 15.7 Å². The molecule has 0 radical (unpaired) electrons. The maximum atomic E-state index is 11.7. The van der Waals surface area contributed by atoms with E-state index in [1.165, 1.54) is 6.92 Å². The number of nitrogens with zero attached hydrogens (tertiary/aromatic N) is 2. The van der Waals surface area contributed by atoms with Gasteiger partial charge in [-0.3, -0.25) is 20.4 Å². The zero-order valence-electron chi connectivity index (χ0n) is 9.66. The number of aliphatic hydroxyl groups excluding tert-OH is 2. The normalized spacial score (nSPS) is 34.9. The molecular formula is C9H15N5O4. The number of hydrogen-bond acceptors (Lipinski definition) is 8. The molecule has 0 fully saturated rings. The van der Waals surface area contributed by atoms with Gasteiger partial charge >= 0.3 is 0 Å². The summed E-state index contributed by atoms with van der Waals surface area (Å²) in [5.41, 5.74) is 3.21. The van der Waals surface area contributed by atoms with E-state index in [2.05, 4.69) is 20.6 Å². The number of nitrogens with two attached hydrogens (primary N) is 1. The van der Waals surface area contributed by atoms with Crippen molar-refractivity contribution in [2.75, 3.05) is 6.54 Å². The number of hydrogen-bond donors (Lipinski definition) is 6. The lowest BCUT2D eigenvalue weighted by Crippen LogP contribution is -2.72. The van der Waals surface area contributed by atoms with Gasteiger partial charge in [-0.2, -0.15) is 4.99 Å². The average molecular weight is 257 g/mol. The first-order valence-electron chi connectivity index (χ1n) is 5.41. The second-order valence-electron chi connectivity index (χ2n) is 4.31. The molecule has 0 aliphatic carbocycles. The second-order valence-corrected chi connectivity index (χ2v) is 4.31. The lowest BCUT2D eigenvalue weighted by Gasteiger charge is -2.38. The Kier molecular flexibility index (Phi) is 3.07. The Morgan fingerprint density at radius 1 is 1.56 bits per heavy atom. The van der Waals surface area contributed by atoms with Crippen LogP contribution < -0.4 is 16.4 Å². The van der Waals surface area contributed by atoms with Crippen LogP contribution in [0.2, 0.25) is 0 Å². The van der Waals surface area contributed by atoms with E-state index in [1.807, 2.05) is 0 Å². The molecule has 2 aliphatic rings. The summed E-state index contributed by atoms with van der Waals surface area (Å²) in [5, 5.41) is 33.9. The van der Waals surface area contributed by atoms with E-state index in [0.717, 1.165) is 0 Å². The van der Waals surface area contributed by atoms with Crippen molar-refractivity contribution in [3.8, 4) is 0 Å². The Bertz CT molecular complexity index is 435. The fourth-order valence-electron chi connectivity index (χ4n) is 1.84. The molecular weight excluding hydrogens is 242 g/mol. The van der Waals surface area contributed by atoms with E-state index in [0.29, 0.717) is 0 Å². The molecule has 100 valence electrons. The molecule has 0 saturated carbocycles. The lowest BCUT2D eigenvalue weighted by atomic mass is 10.00. The molecule has 1 amide bonds. The second kappa shape index (κ2) is 4.28. The first-order chi connectivity index (χ1) is 8.34. The molecule has 0 bridgehead atoms. The molecule has 0 aromatic carbocycles.